The van der Waals surface area contributed by atoms with Crippen molar-refractivity contribution in [1.29, 1.82) is 0 Å². The van der Waals surface area contributed by atoms with E-state index in [1.165, 1.54) is 5.57 Å². The third-order valence-electron chi connectivity index (χ3n) is 2.93. The second kappa shape index (κ2) is 6.51. The molecule has 1 unspecified atom stereocenters. The molecule has 90 valence electrons. The summed E-state index contributed by atoms with van der Waals surface area (Å²) in [6, 6.07) is 0. The predicted octanol–water partition coefficient (Wildman–Crippen LogP) is 3.55. The van der Waals surface area contributed by atoms with Crippen molar-refractivity contribution < 1.29 is 0 Å². The van der Waals surface area contributed by atoms with Crippen molar-refractivity contribution >= 4 is 12.6 Å². The van der Waals surface area contributed by atoms with Gasteiger partial charge in [-0.3, -0.25) is 0 Å². The molecule has 1 rings (SSSR count). The predicted molar refractivity (Wildman–Crippen MR) is 78.9 cm³/mol. The Labute approximate surface area is 109 Å². The summed E-state index contributed by atoms with van der Waals surface area (Å²) in [5, 5.41) is 0. The van der Waals surface area contributed by atoms with Crippen LogP contribution in [0.3, 0.4) is 0 Å². The maximum Gasteiger partial charge on any atom is 0.0247 e. The van der Waals surface area contributed by atoms with Gasteiger partial charge in [0.25, 0.3) is 0 Å². The van der Waals surface area contributed by atoms with Gasteiger partial charge in [-0.25, -0.2) is 0 Å². The molecule has 1 atom stereocenters. The third kappa shape index (κ3) is 3.13. The molecule has 0 radical (unpaired) electrons. The Morgan fingerprint density at radius 3 is 2.76 bits per heavy atom. The largest absolute Gasteiger partial charge is 0.330 e. The van der Waals surface area contributed by atoms with Crippen molar-refractivity contribution in [3.8, 4) is 0 Å². The molecule has 1 aliphatic carbocycles. The quantitative estimate of drug-likeness (QED) is 0.418. The summed E-state index contributed by atoms with van der Waals surface area (Å²) in [4.78, 5) is 1.11. The fourth-order valence-corrected chi connectivity index (χ4v) is 2.45. The Morgan fingerprint density at radius 1 is 1.47 bits per heavy atom. The molecule has 0 aromatic rings. The summed E-state index contributed by atoms with van der Waals surface area (Å²) in [7, 11) is 0. The average molecular weight is 245 g/mol. The van der Waals surface area contributed by atoms with E-state index < -0.39 is 0 Å². The molecule has 17 heavy (non-hydrogen) atoms. The van der Waals surface area contributed by atoms with Gasteiger partial charge < -0.3 is 5.73 Å². The number of hydrogen-bond acceptors (Lipinski definition) is 2. The Morgan fingerprint density at radius 2 is 2.24 bits per heavy atom. The minimum atomic E-state index is 0.0175. The minimum absolute atomic E-state index is 0.0175. The van der Waals surface area contributed by atoms with Gasteiger partial charge in [0.15, 0.2) is 0 Å². The second-order valence-electron chi connectivity index (χ2n) is 4.07. The van der Waals surface area contributed by atoms with Crippen molar-refractivity contribution in [3.05, 3.63) is 65.8 Å². The lowest BCUT2D eigenvalue weighted by molar-refractivity contribution is 0.400. The lowest BCUT2D eigenvalue weighted by atomic mass is 9.68. The van der Waals surface area contributed by atoms with Crippen LogP contribution in [-0.2, 0) is 0 Å². The van der Waals surface area contributed by atoms with Crippen LogP contribution in [0, 0.1) is 5.41 Å². The molecule has 0 bridgehead atoms. The van der Waals surface area contributed by atoms with Crippen LogP contribution in [0.5, 0.6) is 0 Å². The van der Waals surface area contributed by atoms with E-state index in [2.05, 4.69) is 43.7 Å². The summed E-state index contributed by atoms with van der Waals surface area (Å²) in [5.41, 5.74) is 9.65. The highest BCUT2D eigenvalue weighted by molar-refractivity contribution is 7.84. The van der Waals surface area contributed by atoms with Gasteiger partial charge in [-0.1, -0.05) is 43.5 Å². The van der Waals surface area contributed by atoms with Crippen molar-refractivity contribution in [2.24, 2.45) is 11.1 Å². The van der Waals surface area contributed by atoms with E-state index in [-0.39, 0.29) is 5.41 Å². The zero-order valence-electron chi connectivity index (χ0n) is 10.0. The van der Waals surface area contributed by atoms with Crippen LogP contribution in [0.1, 0.15) is 12.8 Å². The smallest absolute Gasteiger partial charge is 0.0247 e. The SMILES string of the molecule is C=C=C/C=C\C1=C(S)C(/C=C\C=C)(CCN)C1. The number of hydrogen-bond donors (Lipinski definition) is 2. The van der Waals surface area contributed by atoms with Gasteiger partial charge in [0.05, 0.1) is 0 Å². The number of nitrogens with two attached hydrogens (primary N) is 1. The zero-order valence-corrected chi connectivity index (χ0v) is 10.9. The molecule has 0 saturated heterocycles. The van der Waals surface area contributed by atoms with Gasteiger partial charge in [-0.2, -0.15) is 0 Å². The number of rotatable bonds is 6. The first-order chi connectivity index (χ1) is 8.20. The Bertz CT molecular complexity index is 422. The average Bonchev–Trinajstić information content (AvgIpc) is 2.34. The van der Waals surface area contributed by atoms with Gasteiger partial charge in [0.2, 0.25) is 0 Å². The Hall–Kier alpha value is -1.21. The first-order valence-corrected chi connectivity index (χ1v) is 6.10. The topological polar surface area (TPSA) is 26.0 Å². The summed E-state index contributed by atoms with van der Waals surface area (Å²) in [5.74, 6) is 0. The van der Waals surface area contributed by atoms with E-state index >= 15 is 0 Å². The zero-order chi connectivity index (χ0) is 12.7. The fourth-order valence-electron chi connectivity index (χ4n) is 2.03. The summed E-state index contributed by atoms with van der Waals surface area (Å²) in [6.45, 7) is 7.87. The van der Waals surface area contributed by atoms with E-state index in [0.717, 1.165) is 17.7 Å². The van der Waals surface area contributed by atoms with Gasteiger partial charge in [0, 0.05) is 5.41 Å². The minimum Gasteiger partial charge on any atom is -0.330 e. The molecule has 0 saturated carbocycles. The van der Waals surface area contributed by atoms with Crippen LogP contribution in [0.2, 0.25) is 0 Å². The van der Waals surface area contributed by atoms with Crippen LogP contribution >= 0.6 is 12.6 Å². The summed E-state index contributed by atoms with van der Waals surface area (Å²) < 4.78 is 0. The molecule has 1 nitrogen and oxygen atoms in total. The first-order valence-electron chi connectivity index (χ1n) is 5.65. The number of thiol groups is 1. The molecule has 0 heterocycles. The Balaban J connectivity index is 2.89. The third-order valence-corrected chi connectivity index (χ3v) is 3.67. The van der Waals surface area contributed by atoms with Crippen molar-refractivity contribution in [2.75, 3.05) is 6.54 Å². The maximum atomic E-state index is 5.67. The monoisotopic (exact) mass is 245 g/mol. The molecule has 2 heteroatoms. The van der Waals surface area contributed by atoms with Gasteiger partial charge in [-0.15, -0.1) is 18.4 Å². The lowest BCUT2D eigenvalue weighted by Crippen LogP contribution is -2.31. The molecule has 0 aliphatic heterocycles. The van der Waals surface area contributed by atoms with Crippen molar-refractivity contribution in [2.45, 2.75) is 12.8 Å². The van der Waals surface area contributed by atoms with Crippen LogP contribution in [-0.4, -0.2) is 6.54 Å². The van der Waals surface area contributed by atoms with Crippen molar-refractivity contribution in [3.63, 3.8) is 0 Å². The molecule has 0 spiro atoms. The first kappa shape index (κ1) is 13.9. The molecular formula is C15H19NS. The highest BCUT2D eigenvalue weighted by Gasteiger charge is 2.39. The van der Waals surface area contributed by atoms with Gasteiger partial charge in [-0.05, 0) is 35.9 Å². The summed E-state index contributed by atoms with van der Waals surface area (Å²) in [6.07, 6.45) is 13.6. The molecule has 0 aromatic carbocycles. The maximum absolute atomic E-state index is 5.67. The van der Waals surface area contributed by atoms with Crippen LogP contribution in [0.4, 0.5) is 0 Å². The highest BCUT2D eigenvalue weighted by atomic mass is 32.1. The normalized spacial score (nSPS) is 23.9. The molecule has 2 N–H and O–H groups in total. The van der Waals surface area contributed by atoms with E-state index in [1.807, 2.05) is 12.2 Å². The van der Waals surface area contributed by atoms with E-state index in [0.29, 0.717) is 6.54 Å². The highest BCUT2D eigenvalue weighted by Crippen LogP contribution is 2.52. The standard InChI is InChI=1S/C15H19NS/c1-3-5-7-8-13-12-15(10-11-16,14(13)17)9-6-4-2/h4-9,17H,1-2,10-12,16H2/b8-7-,9-6-. The van der Waals surface area contributed by atoms with E-state index in [4.69, 9.17) is 5.73 Å². The van der Waals surface area contributed by atoms with E-state index in [9.17, 15) is 0 Å². The molecule has 1 aliphatic rings. The van der Waals surface area contributed by atoms with Gasteiger partial charge in [0.1, 0.15) is 0 Å². The Kier molecular flexibility index (Phi) is 5.30. The summed E-state index contributed by atoms with van der Waals surface area (Å²) >= 11 is 4.61. The molecule has 0 amide bonds. The van der Waals surface area contributed by atoms with Crippen molar-refractivity contribution in [1.82, 2.24) is 0 Å². The van der Waals surface area contributed by atoms with Crippen LogP contribution in [0.25, 0.3) is 0 Å². The van der Waals surface area contributed by atoms with E-state index in [1.54, 1.807) is 12.2 Å². The van der Waals surface area contributed by atoms with Gasteiger partial charge >= 0.3 is 0 Å². The van der Waals surface area contributed by atoms with Crippen LogP contribution < -0.4 is 5.73 Å². The lowest BCUT2D eigenvalue weighted by Gasteiger charge is -2.41. The fraction of sp³-hybridized carbons (Fsp3) is 0.267. The number of allylic oxidation sites excluding steroid dienone is 8. The second-order valence-corrected chi connectivity index (χ2v) is 4.52. The molecule has 0 aromatic heterocycles. The molecular weight excluding hydrogens is 226 g/mol. The molecule has 0 fully saturated rings. The van der Waals surface area contributed by atoms with Crippen LogP contribution in [0.15, 0.2) is 65.8 Å².